The lowest BCUT2D eigenvalue weighted by molar-refractivity contribution is -0.115. The van der Waals surface area contributed by atoms with E-state index >= 15 is 0 Å². The normalized spacial score (nSPS) is 10.8. The molecule has 8 nitrogen and oxygen atoms in total. The minimum Gasteiger partial charge on any atom is -0.489 e. The van der Waals surface area contributed by atoms with Gasteiger partial charge in [-0.15, -0.1) is 0 Å². The number of aryl methyl sites for hydroxylation is 1. The molecule has 29 heavy (non-hydrogen) atoms. The largest absolute Gasteiger partial charge is 0.489 e. The van der Waals surface area contributed by atoms with Crippen molar-refractivity contribution in [3.63, 3.8) is 0 Å². The quantitative estimate of drug-likeness (QED) is 0.662. The third-order valence-corrected chi connectivity index (χ3v) is 3.92. The smallest absolute Gasteiger partial charge is 0.255 e. The second kappa shape index (κ2) is 8.59. The van der Waals surface area contributed by atoms with Gasteiger partial charge in [0, 0.05) is 29.7 Å². The Morgan fingerprint density at radius 1 is 1.28 bits per heavy atom. The van der Waals surface area contributed by atoms with Crippen molar-refractivity contribution in [2.24, 2.45) is 0 Å². The van der Waals surface area contributed by atoms with Crippen LogP contribution in [0.2, 0.25) is 0 Å². The molecule has 0 fully saturated rings. The Morgan fingerprint density at radius 3 is 2.66 bits per heavy atom. The van der Waals surface area contributed by atoms with E-state index in [1.54, 1.807) is 13.0 Å². The number of hydrogen-bond donors (Lipinski definition) is 2. The lowest BCUT2D eigenvalue weighted by atomic mass is 10.1. The first kappa shape index (κ1) is 20.1. The summed E-state index contributed by atoms with van der Waals surface area (Å²) in [5.74, 6) is -0.174. The van der Waals surface area contributed by atoms with Crippen molar-refractivity contribution in [3.8, 4) is 17.4 Å². The van der Waals surface area contributed by atoms with Crippen molar-refractivity contribution in [2.45, 2.75) is 33.3 Å². The highest BCUT2D eigenvalue weighted by molar-refractivity contribution is 5.93. The first-order valence-corrected chi connectivity index (χ1v) is 8.96. The van der Waals surface area contributed by atoms with Crippen LogP contribution in [0.3, 0.4) is 0 Å². The van der Waals surface area contributed by atoms with Crippen LogP contribution in [0.4, 0.5) is 10.1 Å². The zero-order chi connectivity index (χ0) is 21.0. The summed E-state index contributed by atoms with van der Waals surface area (Å²) in [5, 5.41) is 2.60. The van der Waals surface area contributed by atoms with Gasteiger partial charge in [-0.1, -0.05) is 0 Å². The molecule has 3 rings (SSSR count). The molecule has 0 aliphatic rings. The monoisotopic (exact) mass is 397 g/mol. The van der Waals surface area contributed by atoms with Crippen molar-refractivity contribution in [1.29, 1.82) is 0 Å². The Labute approximate surface area is 166 Å². The molecule has 0 radical (unpaired) electrons. The van der Waals surface area contributed by atoms with Crippen molar-refractivity contribution >= 4 is 11.6 Å². The van der Waals surface area contributed by atoms with Gasteiger partial charge >= 0.3 is 0 Å². The van der Waals surface area contributed by atoms with E-state index in [-0.39, 0.29) is 35.4 Å². The summed E-state index contributed by atoms with van der Waals surface area (Å²) in [7, 11) is 0. The maximum atomic E-state index is 13.6. The Hall–Kier alpha value is -3.62. The first-order chi connectivity index (χ1) is 13.8. The van der Waals surface area contributed by atoms with Crippen LogP contribution in [0.5, 0.6) is 5.75 Å². The van der Waals surface area contributed by atoms with E-state index in [2.05, 4.69) is 25.3 Å². The number of carbonyl (C=O) groups excluding carboxylic acids is 1. The number of benzene rings is 1. The minimum absolute atomic E-state index is 0.154. The molecule has 2 aromatic heterocycles. The summed E-state index contributed by atoms with van der Waals surface area (Å²) in [4.78, 5) is 39.9. The Kier molecular flexibility index (Phi) is 5.96. The summed E-state index contributed by atoms with van der Waals surface area (Å²) in [6, 6.07) is 5.51. The highest BCUT2D eigenvalue weighted by Crippen LogP contribution is 2.26. The summed E-state index contributed by atoms with van der Waals surface area (Å²) in [6.07, 6.45) is 2.68. The molecule has 0 saturated heterocycles. The lowest BCUT2D eigenvalue weighted by Crippen LogP contribution is -2.24. The maximum Gasteiger partial charge on any atom is 0.255 e. The van der Waals surface area contributed by atoms with E-state index in [1.165, 1.54) is 30.6 Å². The number of carbonyl (C=O) groups is 1. The van der Waals surface area contributed by atoms with Crippen LogP contribution < -0.4 is 15.6 Å². The summed E-state index contributed by atoms with van der Waals surface area (Å²) in [6.45, 7) is 5.27. The standard InChI is InChI=1S/C20H20FN5O3/c1-11(2)29-16-6-5-13(21)9-15(16)25-17(27)10-14-12(3)24-19(26-20(14)28)18-22-7-4-8-23-18/h4-9,11H,10H2,1-3H3,(H,25,27)(H,24,26,28). The van der Waals surface area contributed by atoms with Crippen molar-refractivity contribution < 1.29 is 13.9 Å². The fourth-order valence-corrected chi connectivity index (χ4v) is 2.66. The van der Waals surface area contributed by atoms with Gasteiger partial charge in [-0.25, -0.2) is 19.3 Å². The molecule has 9 heteroatoms. The third-order valence-electron chi connectivity index (χ3n) is 3.92. The van der Waals surface area contributed by atoms with E-state index in [9.17, 15) is 14.0 Å². The number of aromatic amines is 1. The van der Waals surface area contributed by atoms with Gasteiger partial charge < -0.3 is 15.0 Å². The second-order valence-corrected chi connectivity index (χ2v) is 6.58. The molecule has 2 heterocycles. The van der Waals surface area contributed by atoms with Crippen molar-refractivity contribution in [1.82, 2.24) is 19.9 Å². The molecular formula is C20H20FN5O3. The number of hydrogen-bond acceptors (Lipinski definition) is 6. The number of H-pyrrole nitrogens is 1. The number of nitrogens with zero attached hydrogens (tertiary/aromatic N) is 3. The van der Waals surface area contributed by atoms with Gasteiger partial charge in [-0.3, -0.25) is 9.59 Å². The number of rotatable bonds is 6. The number of nitrogens with one attached hydrogen (secondary N) is 2. The Bertz CT molecular complexity index is 1080. The van der Waals surface area contributed by atoms with Crippen molar-refractivity contribution in [3.05, 3.63) is 64.1 Å². The molecule has 3 aromatic rings. The average molecular weight is 397 g/mol. The van der Waals surface area contributed by atoms with Gasteiger partial charge in [0.1, 0.15) is 11.6 Å². The zero-order valence-electron chi connectivity index (χ0n) is 16.2. The first-order valence-electron chi connectivity index (χ1n) is 8.96. The topological polar surface area (TPSA) is 110 Å². The molecule has 0 unspecified atom stereocenters. The fourth-order valence-electron chi connectivity index (χ4n) is 2.66. The summed E-state index contributed by atoms with van der Waals surface area (Å²) in [5.41, 5.74) is 0.308. The van der Waals surface area contributed by atoms with E-state index in [0.29, 0.717) is 11.4 Å². The number of ether oxygens (including phenoxy) is 1. The van der Waals surface area contributed by atoms with Gasteiger partial charge in [0.15, 0.2) is 11.6 Å². The third kappa shape index (κ3) is 5.01. The molecule has 0 spiro atoms. The van der Waals surface area contributed by atoms with E-state index in [0.717, 1.165) is 0 Å². The van der Waals surface area contributed by atoms with Gasteiger partial charge in [-0.2, -0.15) is 0 Å². The molecule has 150 valence electrons. The molecule has 0 aliphatic heterocycles. The number of halogens is 1. The molecule has 1 aromatic carbocycles. The molecular weight excluding hydrogens is 377 g/mol. The molecule has 0 saturated carbocycles. The van der Waals surface area contributed by atoms with Crippen LogP contribution in [0.1, 0.15) is 25.1 Å². The zero-order valence-corrected chi connectivity index (χ0v) is 16.2. The van der Waals surface area contributed by atoms with Crippen LogP contribution in [-0.2, 0) is 11.2 Å². The molecule has 0 bridgehead atoms. The van der Waals surface area contributed by atoms with Crippen LogP contribution in [0.15, 0.2) is 41.5 Å². The molecule has 2 N–H and O–H groups in total. The van der Waals surface area contributed by atoms with Gasteiger partial charge in [-0.05, 0) is 39.0 Å². The lowest BCUT2D eigenvalue weighted by Gasteiger charge is -2.15. The number of anilines is 1. The molecule has 1 amide bonds. The van der Waals surface area contributed by atoms with Gasteiger partial charge in [0.2, 0.25) is 5.91 Å². The fraction of sp³-hybridized carbons (Fsp3) is 0.250. The molecule has 0 atom stereocenters. The highest BCUT2D eigenvalue weighted by Gasteiger charge is 2.16. The summed E-state index contributed by atoms with van der Waals surface area (Å²) >= 11 is 0. The van der Waals surface area contributed by atoms with Crippen LogP contribution in [0, 0.1) is 12.7 Å². The van der Waals surface area contributed by atoms with Crippen molar-refractivity contribution in [2.75, 3.05) is 5.32 Å². The van der Waals surface area contributed by atoms with E-state index in [4.69, 9.17) is 4.74 Å². The predicted octanol–water partition coefficient (Wildman–Crippen LogP) is 2.64. The average Bonchev–Trinajstić information content (AvgIpc) is 2.67. The van der Waals surface area contributed by atoms with E-state index < -0.39 is 17.3 Å². The summed E-state index contributed by atoms with van der Waals surface area (Å²) < 4.78 is 19.2. The van der Waals surface area contributed by atoms with Crippen LogP contribution in [0.25, 0.3) is 11.6 Å². The number of aromatic nitrogens is 4. The highest BCUT2D eigenvalue weighted by atomic mass is 19.1. The predicted molar refractivity (Wildman–Crippen MR) is 105 cm³/mol. The SMILES string of the molecule is Cc1nc(-c2ncccn2)[nH]c(=O)c1CC(=O)Nc1cc(F)ccc1OC(C)C. The van der Waals surface area contributed by atoms with Crippen LogP contribution in [-0.4, -0.2) is 31.9 Å². The Balaban J connectivity index is 1.82. The van der Waals surface area contributed by atoms with Gasteiger partial charge in [0.25, 0.3) is 5.56 Å². The van der Waals surface area contributed by atoms with Crippen LogP contribution >= 0.6 is 0 Å². The second-order valence-electron chi connectivity index (χ2n) is 6.58. The maximum absolute atomic E-state index is 13.6. The minimum atomic E-state index is -0.515. The van der Waals surface area contributed by atoms with E-state index in [1.807, 2.05) is 13.8 Å². The molecule has 0 aliphatic carbocycles. The van der Waals surface area contributed by atoms with Gasteiger partial charge in [0.05, 0.1) is 18.2 Å². The Morgan fingerprint density at radius 2 is 2.00 bits per heavy atom. The number of amides is 1.